The molecule has 2 heteroatoms. The summed E-state index contributed by atoms with van der Waals surface area (Å²) in [7, 11) is 0. The van der Waals surface area contributed by atoms with Crippen LogP contribution in [-0.2, 0) is 0 Å². The monoisotopic (exact) mass is 267 g/mol. The summed E-state index contributed by atoms with van der Waals surface area (Å²) < 4.78 is 6.58. The highest BCUT2D eigenvalue weighted by Crippen LogP contribution is 2.29. The summed E-state index contributed by atoms with van der Waals surface area (Å²) >= 11 is 3.49. The van der Waals surface area contributed by atoms with E-state index in [4.69, 9.17) is 4.74 Å². The summed E-state index contributed by atoms with van der Waals surface area (Å²) in [6, 6.07) is 6.00. The second-order valence-electron chi connectivity index (χ2n) is 3.70. The number of halogens is 1. The molecule has 0 amide bonds. The Labute approximate surface area is 100 Å². The van der Waals surface area contributed by atoms with Crippen molar-refractivity contribution in [3.8, 4) is 5.75 Å². The third kappa shape index (κ3) is 3.38. The first-order valence-corrected chi connectivity index (χ1v) is 5.75. The normalized spacial score (nSPS) is 12.6. The first-order chi connectivity index (χ1) is 7.04. The molecule has 1 rings (SSSR count). The van der Waals surface area contributed by atoms with Crippen molar-refractivity contribution in [2.45, 2.75) is 25.9 Å². The van der Waals surface area contributed by atoms with Crippen molar-refractivity contribution in [1.82, 2.24) is 0 Å². The van der Waals surface area contributed by atoms with Gasteiger partial charge in [-0.1, -0.05) is 12.1 Å². The number of ether oxygens (including phenoxy) is 1. The Morgan fingerprint density at radius 3 is 2.53 bits per heavy atom. The molecule has 1 atom stereocenters. The number of benzene rings is 1. The lowest BCUT2D eigenvalue weighted by Crippen LogP contribution is -2.06. The van der Waals surface area contributed by atoms with E-state index >= 15 is 0 Å². The lowest BCUT2D eigenvalue weighted by molar-refractivity contribution is 0.241. The summed E-state index contributed by atoms with van der Waals surface area (Å²) in [5, 5.41) is 0. The maximum atomic E-state index is 5.62. The van der Waals surface area contributed by atoms with Crippen molar-refractivity contribution < 1.29 is 4.74 Å². The average molecular weight is 268 g/mol. The van der Waals surface area contributed by atoms with Gasteiger partial charge in [-0.15, -0.1) is 6.58 Å². The summed E-state index contributed by atoms with van der Waals surface area (Å²) in [4.78, 5) is 0. The average Bonchev–Trinajstić information content (AvgIpc) is 2.19. The van der Waals surface area contributed by atoms with Crippen molar-refractivity contribution in [3.63, 3.8) is 0 Å². The number of hydrogen-bond acceptors (Lipinski definition) is 1. The number of rotatable bonds is 4. The highest BCUT2D eigenvalue weighted by molar-refractivity contribution is 9.10. The van der Waals surface area contributed by atoms with Crippen LogP contribution in [0.5, 0.6) is 5.75 Å². The van der Waals surface area contributed by atoms with Crippen molar-refractivity contribution in [2.75, 3.05) is 0 Å². The maximum Gasteiger partial charge on any atom is 0.133 e. The predicted octanol–water partition coefficient (Wildman–Crippen LogP) is 4.34. The number of allylic oxidation sites excluding steroid dienone is 1. The maximum absolute atomic E-state index is 5.62. The van der Waals surface area contributed by atoms with Gasteiger partial charge in [-0.2, -0.15) is 0 Å². The minimum Gasteiger partial charge on any atom is -0.490 e. The largest absolute Gasteiger partial charge is 0.490 e. The molecule has 0 heterocycles. The van der Waals surface area contributed by atoms with Crippen LogP contribution in [0.15, 0.2) is 35.3 Å². The Morgan fingerprint density at radius 2 is 2.07 bits per heavy atom. The molecule has 0 spiro atoms. The predicted molar refractivity (Wildman–Crippen MR) is 68.2 cm³/mol. The highest BCUT2D eigenvalue weighted by Gasteiger charge is 2.07. The van der Waals surface area contributed by atoms with Gasteiger partial charge in [0.1, 0.15) is 5.75 Å². The summed E-state index contributed by atoms with van der Waals surface area (Å²) in [5.74, 6) is 0.986. The molecule has 0 saturated heterocycles. The van der Waals surface area contributed by atoms with Crippen molar-refractivity contribution >= 4 is 15.9 Å². The van der Waals surface area contributed by atoms with Gasteiger partial charge in [0, 0.05) is 5.92 Å². The van der Waals surface area contributed by atoms with Gasteiger partial charge in [-0.3, -0.25) is 0 Å². The molecule has 1 unspecified atom stereocenters. The fourth-order valence-corrected chi connectivity index (χ4v) is 1.72. The quantitative estimate of drug-likeness (QED) is 0.738. The van der Waals surface area contributed by atoms with Crippen LogP contribution in [0.25, 0.3) is 0 Å². The lowest BCUT2D eigenvalue weighted by atomic mass is 10.0. The summed E-state index contributed by atoms with van der Waals surface area (Å²) in [6.45, 7) is 11.7. The molecule has 1 nitrogen and oxygen atoms in total. The van der Waals surface area contributed by atoms with E-state index < -0.39 is 0 Å². The van der Waals surface area contributed by atoms with E-state index in [9.17, 15) is 0 Å². The van der Waals surface area contributed by atoms with Crippen LogP contribution in [0.2, 0.25) is 0 Å². The third-order valence-corrected chi connectivity index (χ3v) is 2.65. The molecular formula is C13H16BrO. The minimum atomic E-state index is 0.120. The molecule has 15 heavy (non-hydrogen) atoms. The van der Waals surface area contributed by atoms with Gasteiger partial charge in [0.2, 0.25) is 0 Å². The molecule has 1 radical (unpaired) electrons. The van der Waals surface area contributed by atoms with Gasteiger partial charge in [-0.25, -0.2) is 0 Å². The van der Waals surface area contributed by atoms with E-state index in [2.05, 4.69) is 29.4 Å². The first-order valence-electron chi connectivity index (χ1n) is 4.96. The molecule has 0 bridgehead atoms. The zero-order chi connectivity index (χ0) is 11.4. The van der Waals surface area contributed by atoms with Crippen LogP contribution in [0.3, 0.4) is 0 Å². The van der Waals surface area contributed by atoms with Crippen LogP contribution >= 0.6 is 15.9 Å². The van der Waals surface area contributed by atoms with E-state index in [1.165, 1.54) is 0 Å². The van der Waals surface area contributed by atoms with Crippen LogP contribution in [-0.4, -0.2) is 6.10 Å². The smallest absolute Gasteiger partial charge is 0.133 e. The van der Waals surface area contributed by atoms with Gasteiger partial charge in [0.25, 0.3) is 0 Å². The zero-order valence-electron chi connectivity index (χ0n) is 9.16. The van der Waals surface area contributed by atoms with Crippen molar-refractivity contribution in [1.29, 1.82) is 0 Å². The topological polar surface area (TPSA) is 9.23 Å². The number of hydrogen-bond donors (Lipinski definition) is 0. The van der Waals surface area contributed by atoms with Crippen molar-refractivity contribution in [3.05, 3.63) is 47.8 Å². The molecule has 1 aromatic carbocycles. The molecule has 81 valence electrons. The molecule has 0 aliphatic rings. The van der Waals surface area contributed by atoms with Crippen LogP contribution in [0, 0.1) is 6.92 Å². The standard InChI is InChI=1S/C13H16BrO/c1-5-10(4)11-6-7-13(12(14)8-11)15-9(2)3/h5-10H,1,4H2,2-3H3. The molecule has 1 aromatic rings. The van der Waals surface area contributed by atoms with Gasteiger partial charge in [-0.05, 0) is 54.4 Å². The Bertz CT molecular complexity index is 344. The molecule has 0 saturated carbocycles. The third-order valence-electron chi connectivity index (χ3n) is 2.03. The summed E-state index contributed by atoms with van der Waals surface area (Å²) in [5.41, 5.74) is 1.13. The minimum absolute atomic E-state index is 0.120. The molecule has 0 N–H and O–H groups in total. The van der Waals surface area contributed by atoms with Gasteiger partial charge in [0.05, 0.1) is 10.6 Å². The molecule has 0 aliphatic heterocycles. The van der Waals surface area contributed by atoms with Crippen LogP contribution in [0.1, 0.15) is 25.3 Å². The highest BCUT2D eigenvalue weighted by atomic mass is 79.9. The van der Waals surface area contributed by atoms with Crippen LogP contribution in [0.4, 0.5) is 0 Å². The van der Waals surface area contributed by atoms with E-state index in [-0.39, 0.29) is 12.0 Å². The lowest BCUT2D eigenvalue weighted by Gasteiger charge is -2.13. The van der Waals surface area contributed by atoms with Crippen molar-refractivity contribution in [2.24, 2.45) is 0 Å². The van der Waals surface area contributed by atoms with Gasteiger partial charge in [0.15, 0.2) is 0 Å². The van der Waals surface area contributed by atoms with E-state index in [0.717, 1.165) is 15.8 Å². The second kappa shape index (κ2) is 5.36. The Hall–Kier alpha value is -0.760. The van der Waals surface area contributed by atoms with Gasteiger partial charge < -0.3 is 4.74 Å². The molecular weight excluding hydrogens is 252 g/mol. The molecule has 0 fully saturated rings. The Morgan fingerprint density at radius 1 is 1.40 bits per heavy atom. The second-order valence-corrected chi connectivity index (χ2v) is 4.55. The first kappa shape index (κ1) is 12.3. The SMILES string of the molecule is [CH2]C(C=C)c1ccc(OC(C)C)c(Br)c1. The fraction of sp³-hybridized carbons (Fsp3) is 0.308. The van der Waals surface area contributed by atoms with E-state index in [0.29, 0.717) is 0 Å². The Kier molecular flexibility index (Phi) is 4.40. The molecule has 0 aromatic heterocycles. The summed E-state index contributed by atoms with van der Waals surface area (Å²) in [6.07, 6.45) is 2.01. The fourth-order valence-electron chi connectivity index (χ4n) is 1.23. The van der Waals surface area contributed by atoms with E-state index in [1.807, 2.05) is 38.1 Å². The van der Waals surface area contributed by atoms with Crippen LogP contribution < -0.4 is 4.74 Å². The zero-order valence-corrected chi connectivity index (χ0v) is 10.8. The van der Waals surface area contributed by atoms with E-state index in [1.54, 1.807) is 0 Å². The van der Waals surface area contributed by atoms with Gasteiger partial charge >= 0.3 is 0 Å². The Balaban J connectivity index is 2.92. The molecule has 0 aliphatic carbocycles.